The molecule has 0 aliphatic heterocycles. The second-order valence-corrected chi connectivity index (χ2v) is 3.61. The van der Waals surface area contributed by atoms with Crippen molar-refractivity contribution >= 4 is 11.7 Å². The van der Waals surface area contributed by atoms with Crippen LogP contribution in [-0.2, 0) is 0 Å². The Balaban J connectivity index is 2.86. The molecule has 1 aromatic carbocycles. The fourth-order valence-corrected chi connectivity index (χ4v) is 1.40. The molecule has 1 rings (SSSR count). The third-order valence-corrected chi connectivity index (χ3v) is 2.27. The molecular weight excluding hydrogens is 265 g/mol. The van der Waals surface area contributed by atoms with Crippen molar-refractivity contribution < 1.29 is 28.2 Å². The Morgan fingerprint density at radius 3 is 2.00 bits per heavy atom. The standard InChI is InChI=1S/C11H13F3N2O3/c12-7-5-8(13)10(9(14)6-7)15-11(19)16(1-3-17)2-4-18/h5-6,17-18H,1-4H2,(H,15,19). The largest absolute Gasteiger partial charge is 0.395 e. The van der Waals surface area contributed by atoms with Gasteiger partial charge in [0.1, 0.15) is 11.5 Å². The van der Waals surface area contributed by atoms with E-state index in [2.05, 4.69) is 0 Å². The SMILES string of the molecule is O=C(Nc1c(F)cc(F)cc1F)N(CCO)CCO. The molecule has 0 saturated carbocycles. The van der Waals surface area contributed by atoms with Crippen molar-refractivity contribution in [2.45, 2.75) is 0 Å². The first-order valence-corrected chi connectivity index (χ1v) is 5.41. The highest BCUT2D eigenvalue weighted by atomic mass is 19.1. The van der Waals surface area contributed by atoms with Crippen LogP contribution in [0.5, 0.6) is 0 Å². The van der Waals surface area contributed by atoms with Crippen LogP contribution in [0.2, 0.25) is 0 Å². The van der Waals surface area contributed by atoms with Gasteiger partial charge in [-0.3, -0.25) is 0 Å². The molecule has 19 heavy (non-hydrogen) atoms. The van der Waals surface area contributed by atoms with Gasteiger partial charge in [0.2, 0.25) is 0 Å². The van der Waals surface area contributed by atoms with E-state index < -0.39 is 29.2 Å². The van der Waals surface area contributed by atoms with Gasteiger partial charge in [-0.15, -0.1) is 0 Å². The van der Waals surface area contributed by atoms with E-state index in [4.69, 9.17) is 10.2 Å². The summed E-state index contributed by atoms with van der Waals surface area (Å²) in [6.45, 7) is -0.975. The summed E-state index contributed by atoms with van der Waals surface area (Å²) in [4.78, 5) is 12.6. The summed E-state index contributed by atoms with van der Waals surface area (Å²) in [6, 6.07) is -0.0464. The third-order valence-electron chi connectivity index (χ3n) is 2.27. The lowest BCUT2D eigenvalue weighted by molar-refractivity contribution is 0.167. The minimum atomic E-state index is -1.25. The number of nitrogens with one attached hydrogen (secondary N) is 1. The second kappa shape index (κ2) is 6.95. The number of nitrogens with zero attached hydrogens (tertiary/aromatic N) is 1. The van der Waals surface area contributed by atoms with Crippen LogP contribution in [0.25, 0.3) is 0 Å². The maximum Gasteiger partial charge on any atom is 0.322 e. The number of hydrogen-bond donors (Lipinski definition) is 3. The molecule has 1 aromatic rings. The molecule has 5 nitrogen and oxygen atoms in total. The molecule has 8 heteroatoms. The van der Waals surface area contributed by atoms with E-state index in [1.807, 2.05) is 5.32 Å². The summed E-state index contributed by atoms with van der Waals surface area (Å²) < 4.78 is 39.3. The van der Waals surface area contributed by atoms with Crippen molar-refractivity contribution in [2.75, 3.05) is 31.6 Å². The van der Waals surface area contributed by atoms with E-state index in [0.717, 1.165) is 4.90 Å². The van der Waals surface area contributed by atoms with Crippen LogP contribution in [0.4, 0.5) is 23.7 Å². The molecule has 0 spiro atoms. The molecule has 0 saturated heterocycles. The maximum absolute atomic E-state index is 13.3. The van der Waals surface area contributed by atoms with Crippen molar-refractivity contribution in [2.24, 2.45) is 0 Å². The van der Waals surface area contributed by atoms with Crippen LogP contribution in [0.3, 0.4) is 0 Å². The van der Waals surface area contributed by atoms with Gasteiger partial charge in [-0.1, -0.05) is 0 Å². The second-order valence-electron chi connectivity index (χ2n) is 3.61. The molecule has 106 valence electrons. The first-order chi connectivity index (χ1) is 8.99. The Labute approximate surface area is 107 Å². The van der Waals surface area contributed by atoms with Crippen LogP contribution in [0.15, 0.2) is 12.1 Å². The van der Waals surface area contributed by atoms with E-state index >= 15 is 0 Å². The minimum absolute atomic E-state index is 0.114. The van der Waals surface area contributed by atoms with Gasteiger partial charge in [0.25, 0.3) is 0 Å². The minimum Gasteiger partial charge on any atom is -0.395 e. The van der Waals surface area contributed by atoms with Gasteiger partial charge in [0.15, 0.2) is 11.6 Å². The summed E-state index contributed by atoms with van der Waals surface area (Å²) in [5.41, 5.74) is -0.785. The Morgan fingerprint density at radius 2 is 1.58 bits per heavy atom. The lowest BCUT2D eigenvalue weighted by atomic mass is 10.3. The number of carbonyl (C=O) groups is 1. The quantitative estimate of drug-likeness (QED) is 0.750. The highest BCUT2D eigenvalue weighted by Crippen LogP contribution is 2.20. The average Bonchev–Trinajstić information content (AvgIpc) is 2.33. The highest BCUT2D eigenvalue weighted by molar-refractivity contribution is 5.89. The van der Waals surface area contributed by atoms with Crippen LogP contribution >= 0.6 is 0 Å². The van der Waals surface area contributed by atoms with Crippen molar-refractivity contribution in [3.05, 3.63) is 29.6 Å². The Bertz CT molecular complexity index is 428. The zero-order chi connectivity index (χ0) is 14.4. The molecule has 0 unspecified atom stereocenters. The smallest absolute Gasteiger partial charge is 0.322 e. The van der Waals surface area contributed by atoms with Gasteiger partial charge in [-0.2, -0.15) is 0 Å². The van der Waals surface area contributed by atoms with Gasteiger partial charge in [-0.05, 0) is 0 Å². The molecule has 3 N–H and O–H groups in total. The van der Waals surface area contributed by atoms with E-state index in [0.29, 0.717) is 12.1 Å². The lowest BCUT2D eigenvalue weighted by Gasteiger charge is -2.21. The van der Waals surface area contributed by atoms with Gasteiger partial charge in [-0.25, -0.2) is 18.0 Å². The predicted octanol–water partition coefficient (Wildman–Crippen LogP) is 0.922. The average molecular weight is 278 g/mol. The molecular formula is C11H13F3N2O3. The van der Waals surface area contributed by atoms with Crippen LogP contribution in [-0.4, -0.2) is 47.4 Å². The maximum atomic E-state index is 13.3. The van der Waals surface area contributed by atoms with Crippen LogP contribution in [0.1, 0.15) is 0 Å². The van der Waals surface area contributed by atoms with E-state index in [1.54, 1.807) is 0 Å². The molecule has 0 heterocycles. The number of amides is 2. The zero-order valence-corrected chi connectivity index (χ0v) is 9.87. The van der Waals surface area contributed by atoms with Gasteiger partial charge in [0.05, 0.1) is 13.2 Å². The topological polar surface area (TPSA) is 72.8 Å². The normalized spacial score (nSPS) is 10.4. The third kappa shape index (κ3) is 4.11. The summed E-state index contributed by atoms with van der Waals surface area (Å²) in [5.74, 6) is -3.60. The van der Waals surface area contributed by atoms with Crippen molar-refractivity contribution in [3.63, 3.8) is 0 Å². The number of carbonyl (C=O) groups excluding carboxylic acids is 1. The summed E-state index contributed by atoms with van der Waals surface area (Å²) >= 11 is 0. The summed E-state index contributed by atoms with van der Waals surface area (Å²) in [6.07, 6.45) is 0. The molecule has 0 aliphatic carbocycles. The fourth-order valence-electron chi connectivity index (χ4n) is 1.40. The van der Waals surface area contributed by atoms with E-state index in [-0.39, 0.29) is 26.3 Å². The molecule has 0 aliphatic rings. The first kappa shape index (κ1) is 15.3. The van der Waals surface area contributed by atoms with E-state index in [1.165, 1.54) is 0 Å². The number of halogens is 3. The van der Waals surface area contributed by atoms with Crippen molar-refractivity contribution in [1.82, 2.24) is 4.90 Å². The lowest BCUT2D eigenvalue weighted by Crippen LogP contribution is -2.39. The first-order valence-electron chi connectivity index (χ1n) is 5.41. The molecule has 0 atom stereocenters. The number of rotatable bonds is 5. The predicted molar refractivity (Wildman–Crippen MR) is 61.1 cm³/mol. The van der Waals surface area contributed by atoms with Crippen LogP contribution in [0, 0.1) is 17.5 Å². The Hall–Kier alpha value is -1.80. The molecule has 2 amide bonds. The fraction of sp³-hybridized carbons (Fsp3) is 0.364. The van der Waals surface area contributed by atoms with Crippen molar-refractivity contribution in [3.8, 4) is 0 Å². The number of hydrogen-bond acceptors (Lipinski definition) is 3. The Morgan fingerprint density at radius 1 is 1.11 bits per heavy atom. The Kier molecular flexibility index (Phi) is 5.58. The number of benzene rings is 1. The number of aliphatic hydroxyl groups excluding tert-OH is 2. The monoisotopic (exact) mass is 278 g/mol. The molecule has 0 fully saturated rings. The summed E-state index contributed by atoms with van der Waals surface area (Å²) in [5, 5.41) is 19.4. The number of aliphatic hydroxyl groups is 2. The number of urea groups is 1. The molecule has 0 bridgehead atoms. The molecule has 0 aromatic heterocycles. The highest BCUT2D eigenvalue weighted by Gasteiger charge is 2.18. The van der Waals surface area contributed by atoms with Crippen LogP contribution < -0.4 is 5.32 Å². The zero-order valence-electron chi connectivity index (χ0n) is 9.87. The molecule has 0 radical (unpaired) electrons. The van der Waals surface area contributed by atoms with Gasteiger partial charge < -0.3 is 20.4 Å². The van der Waals surface area contributed by atoms with Gasteiger partial charge in [0, 0.05) is 25.2 Å². The van der Waals surface area contributed by atoms with Crippen molar-refractivity contribution in [1.29, 1.82) is 0 Å². The van der Waals surface area contributed by atoms with E-state index in [9.17, 15) is 18.0 Å². The number of anilines is 1. The summed E-state index contributed by atoms with van der Waals surface area (Å²) in [7, 11) is 0. The van der Waals surface area contributed by atoms with Gasteiger partial charge >= 0.3 is 6.03 Å².